The molecule has 1 aliphatic heterocycles. The maximum atomic E-state index is 11.5. The van der Waals surface area contributed by atoms with Crippen molar-refractivity contribution in [2.45, 2.75) is 19.0 Å². The number of hydrogen-bond donors (Lipinski definition) is 2. The number of carbonyl (C=O) groups is 1. The fourth-order valence-electron chi connectivity index (χ4n) is 2.22. The van der Waals surface area contributed by atoms with E-state index in [4.69, 9.17) is 10.3 Å². The number of amides is 1. The summed E-state index contributed by atoms with van der Waals surface area (Å²) in [6.07, 6.45) is 2.02. The second-order valence-corrected chi connectivity index (χ2v) is 6.93. The Balaban J connectivity index is 2.06. The maximum Gasteiger partial charge on any atom is 0.268 e. The molecule has 1 aromatic rings. The minimum absolute atomic E-state index is 0.0381. The van der Waals surface area contributed by atoms with Gasteiger partial charge in [-0.1, -0.05) is 0 Å². The fraction of sp³-hybridized carbons (Fsp3) is 0.545. The highest BCUT2D eigenvalue weighted by Gasteiger charge is 2.31. The number of nitrogens with one attached hydrogen (secondary N) is 1. The molecule has 19 heavy (non-hydrogen) atoms. The fourth-order valence-corrected chi connectivity index (χ4v) is 4.03. The van der Waals surface area contributed by atoms with Crippen LogP contribution in [0.25, 0.3) is 0 Å². The van der Waals surface area contributed by atoms with Crippen LogP contribution in [0.1, 0.15) is 22.5 Å². The molecule has 2 heterocycles. The van der Waals surface area contributed by atoms with Crippen molar-refractivity contribution in [1.29, 1.82) is 0 Å². The van der Waals surface area contributed by atoms with Crippen molar-refractivity contribution in [3.63, 3.8) is 0 Å². The van der Waals surface area contributed by atoms with Crippen LogP contribution in [0.15, 0.2) is 16.7 Å². The molecule has 1 atom stereocenters. The van der Waals surface area contributed by atoms with Gasteiger partial charge in [0.05, 0.1) is 29.9 Å². The molecule has 106 valence electrons. The van der Waals surface area contributed by atoms with Crippen LogP contribution in [-0.2, 0) is 16.4 Å². The second-order valence-electron chi connectivity index (χ2n) is 4.70. The Morgan fingerprint density at radius 3 is 2.95 bits per heavy atom. The lowest BCUT2D eigenvalue weighted by atomic mass is 10.2. The van der Waals surface area contributed by atoms with Crippen LogP contribution in [0.4, 0.5) is 0 Å². The summed E-state index contributed by atoms with van der Waals surface area (Å²) in [6.45, 7) is 0.371. The molecule has 1 fully saturated rings. The molecule has 8 heteroatoms. The molecule has 7 nitrogen and oxygen atoms in total. The van der Waals surface area contributed by atoms with E-state index >= 15 is 0 Å². The Labute approximate surface area is 111 Å². The normalized spacial score (nSPS) is 21.7. The van der Waals surface area contributed by atoms with Gasteiger partial charge < -0.3 is 4.42 Å². The summed E-state index contributed by atoms with van der Waals surface area (Å²) >= 11 is 0. The van der Waals surface area contributed by atoms with Crippen molar-refractivity contribution < 1.29 is 17.6 Å². The van der Waals surface area contributed by atoms with Gasteiger partial charge in [0.15, 0.2) is 9.84 Å². The SMILES string of the molecule is CN(Cc1occc1C(=O)NN)C1CCS(=O)(=O)C1. The Bertz CT molecular complexity index is 566. The zero-order valence-corrected chi connectivity index (χ0v) is 11.4. The summed E-state index contributed by atoms with van der Waals surface area (Å²) < 4.78 is 28.1. The van der Waals surface area contributed by atoms with E-state index in [1.807, 2.05) is 11.9 Å². The molecule has 0 aromatic carbocycles. The number of nitrogen functional groups attached to an aromatic ring is 1. The van der Waals surface area contributed by atoms with E-state index in [0.29, 0.717) is 24.3 Å². The number of nitrogens with zero attached hydrogens (tertiary/aromatic N) is 1. The largest absolute Gasteiger partial charge is 0.467 e. The Hall–Kier alpha value is -1.38. The molecular formula is C11H17N3O4S. The lowest BCUT2D eigenvalue weighted by Crippen LogP contribution is -2.34. The highest BCUT2D eigenvalue weighted by atomic mass is 32.2. The van der Waals surface area contributed by atoms with Crippen LogP contribution < -0.4 is 11.3 Å². The summed E-state index contributed by atoms with van der Waals surface area (Å²) in [5.74, 6) is 5.52. The van der Waals surface area contributed by atoms with Crippen LogP contribution in [0.3, 0.4) is 0 Å². The predicted octanol–water partition coefficient (Wildman–Crippen LogP) is -0.498. The summed E-state index contributed by atoms with van der Waals surface area (Å²) in [5.41, 5.74) is 2.42. The van der Waals surface area contributed by atoms with Gasteiger partial charge in [-0.3, -0.25) is 15.1 Å². The Morgan fingerprint density at radius 2 is 2.37 bits per heavy atom. The quantitative estimate of drug-likeness (QED) is 0.439. The smallest absolute Gasteiger partial charge is 0.268 e. The van der Waals surface area contributed by atoms with Crippen LogP contribution >= 0.6 is 0 Å². The van der Waals surface area contributed by atoms with E-state index in [2.05, 4.69) is 5.43 Å². The number of sulfone groups is 1. The molecule has 1 amide bonds. The molecule has 0 aliphatic carbocycles. The van der Waals surface area contributed by atoms with Gasteiger partial charge in [0.1, 0.15) is 5.76 Å². The van der Waals surface area contributed by atoms with Crippen LogP contribution in [0.5, 0.6) is 0 Å². The third kappa shape index (κ3) is 3.14. The summed E-state index contributed by atoms with van der Waals surface area (Å²) in [4.78, 5) is 13.4. The average Bonchev–Trinajstić information content (AvgIpc) is 2.94. The zero-order chi connectivity index (χ0) is 14.0. The van der Waals surface area contributed by atoms with Gasteiger partial charge in [0.2, 0.25) is 0 Å². The maximum absolute atomic E-state index is 11.5. The van der Waals surface area contributed by atoms with Gasteiger partial charge in [-0.15, -0.1) is 0 Å². The van der Waals surface area contributed by atoms with E-state index in [9.17, 15) is 13.2 Å². The second kappa shape index (κ2) is 5.32. The molecule has 0 spiro atoms. The highest BCUT2D eigenvalue weighted by molar-refractivity contribution is 7.91. The van der Waals surface area contributed by atoms with Crippen molar-refractivity contribution in [2.75, 3.05) is 18.6 Å². The first-order chi connectivity index (χ1) is 8.93. The number of carbonyl (C=O) groups excluding carboxylic acids is 1. The van der Waals surface area contributed by atoms with Crippen LogP contribution in [0, 0.1) is 0 Å². The molecule has 0 bridgehead atoms. The van der Waals surface area contributed by atoms with Crippen molar-refractivity contribution in [3.05, 3.63) is 23.7 Å². The van der Waals surface area contributed by atoms with Crippen molar-refractivity contribution in [1.82, 2.24) is 10.3 Å². The van der Waals surface area contributed by atoms with Gasteiger partial charge >= 0.3 is 0 Å². The van der Waals surface area contributed by atoms with E-state index in [0.717, 1.165) is 0 Å². The molecule has 1 unspecified atom stereocenters. The van der Waals surface area contributed by atoms with Gasteiger partial charge in [0, 0.05) is 6.04 Å². The number of hydrogen-bond acceptors (Lipinski definition) is 6. The molecule has 3 N–H and O–H groups in total. The van der Waals surface area contributed by atoms with Gasteiger partial charge in [-0.05, 0) is 19.5 Å². The number of rotatable bonds is 4. The average molecular weight is 287 g/mol. The molecule has 0 saturated carbocycles. The molecular weight excluding hydrogens is 270 g/mol. The van der Waals surface area contributed by atoms with Gasteiger partial charge in [0.25, 0.3) is 5.91 Å². The summed E-state index contributed by atoms with van der Waals surface area (Å²) in [5, 5.41) is 0. The summed E-state index contributed by atoms with van der Waals surface area (Å²) in [7, 11) is -1.10. The highest BCUT2D eigenvalue weighted by Crippen LogP contribution is 2.20. The monoisotopic (exact) mass is 287 g/mol. The minimum atomic E-state index is -2.92. The lowest BCUT2D eigenvalue weighted by molar-refractivity contribution is 0.0949. The van der Waals surface area contributed by atoms with Crippen LogP contribution in [-0.4, -0.2) is 43.8 Å². The third-order valence-corrected chi connectivity index (χ3v) is 5.10. The van der Waals surface area contributed by atoms with Crippen molar-refractivity contribution in [2.24, 2.45) is 5.84 Å². The van der Waals surface area contributed by atoms with Gasteiger partial charge in [-0.25, -0.2) is 14.3 Å². The first kappa shape index (κ1) is 14.0. The van der Waals surface area contributed by atoms with E-state index in [1.165, 1.54) is 12.3 Å². The topological polar surface area (TPSA) is 106 Å². The number of hydrazine groups is 1. The lowest BCUT2D eigenvalue weighted by Gasteiger charge is -2.22. The molecule has 2 rings (SSSR count). The van der Waals surface area contributed by atoms with E-state index < -0.39 is 15.7 Å². The van der Waals surface area contributed by atoms with Gasteiger partial charge in [-0.2, -0.15) is 0 Å². The number of furan rings is 1. The first-order valence-corrected chi connectivity index (χ1v) is 7.73. The third-order valence-electron chi connectivity index (χ3n) is 3.35. The van der Waals surface area contributed by atoms with Crippen molar-refractivity contribution in [3.8, 4) is 0 Å². The molecule has 1 aliphatic rings. The predicted molar refractivity (Wildman–Crippen MR) is 68.9 cm³/mol. The van der Waals surface area contributed by atoms with Crippen LogP contribution in [0.2, 0.25) is 0 Å². The Kier molecular flexibility index (Phi) is 3.93. The van der Waals surface area contributed by atoms with Crippen molar-refractivity contribution >= 4 is 15.7 Å². The Morgan fingerprint density at radius 1 is 1.63 bits per heavy atom. The minimum Gasteiger partial charge on any atom is -0.467 e. The van der Waals surface area contributed by atoms with E-state index in [1.54, 1.807) is 0 Å². The first-order valence-electron chi connectivity index (χ1n) is 5.91. The van der Waals surface area contributed by atoms with E-state index in [-0.39, 0.29) is 17.5 Å². The molecule has 1 aromatic heterocycles. The molecule has 0 radical (unpaired) electrons. The zero-order valence-electron chi connectivity index (χ0n) is 10.6. The summed E-state index contributed by atoms with van der Waals surface area (Å²) in [6, 6.07) is 1.50. The number of nitrogens with two attached hydrogens (primary N) is 1. The molecule has 1 saturated heterocycles. The standard InChI is InChI=1S/C11H17N3O4S/c1-14(8-3-5-19(16,17)7-8)6-10-9(2-4-18-10)11(15)13-12/h2,4,8H,3,5-7,12H2,1H3,(H,13,15).